The molecule has 1 fully saturated rings. The van der Waals surface area contributed by atoms with Gasteiger partial charge in [0.05, 0.1) is 12.6 Å². The molecule has 1 N–H and O–H groups in total. The minimum atomic E-state index is -0.168. The number of amides is 1. The van der Waals surface area contributed by atoms with Crippen molar-refractivity contribution in [3.63, 3.8) is 0 Å². The molecule has 0 radical (unpaired) electrons. The van der Waals surface area contributed by atoms with Gasteiger partial charge in [0.1, 0.15) is 5.75 Å². The van der Waals surface area contributed by atoms with Crippen LogP contribution >= 0.6 is 0 Å². The van der Waals surface area contributed by atoms with Gasteiger partial charge in [0, 0.05) is 12.0 Å². The molecule has 0 bridgehead atoms. The van der Waals surface area contributed by atoms with Gasteiger partial charge in [0.15, 0.2) is 0 Å². The number of carbonyl (C=O) groups excluding carboxylic acids is 1. The van der Waals surface area contributed by atoms with E-state index in [0.717, 1.165) is 30.6 Å². The maximum absolute atomic E-state index is 11.7. The summed E-state index contributed by atoms with van der Waals surface area (Å²) in [6.45, 7) is 2.02. The summed E-state index contributed by atoms with van der Waals surface area (Å²) in [7, 11) is 1.67. The number of methoxy groups -OCH3 is 1. The Morgan fingerprint density at radius 3 is 2.71 bits per heavy atom. The van der Waals surface area contributed by atoms with Crippen LogP contribution < -0.4 is 10.1 Å². The Bertz CT molecular complexity index is 410. The van der Waals surface area contributed by atoms with Gasteiger partial charge in [-0.25, -0.2) is 0 Å². The van der Waals surface area contributed by atoms with Gasteiger partial charge in [0.2, 0.25) is 5.91 Å². The lowest BCUT2D eigenvalue weighted by molar-refractivity contribution is -0.122. The number of rotatable bonds is 5. The van der Waals surface area contributed by atoms with Crippen LogP contribution in [0.1, 0.15) is 38.2 Å². The lowest BCUT2D eigenvalue weighted by Gasteiger charge is -2.20. The van der Waals surface area contributed by atoms with E-state index in [9.17, 15) is 4.79 Å². The highest BCUT2D eigenvalue weighted by atomic mass is 16.5. The summed E-state index contributed by atoms with van der Waals surface area (Å²) in [4.78, 5) is 11.7. The molecule has 0 unspecified atom stereocenters. The lowest BCUT2D eigenvalue weighted by atomic mass is 10.0. The molecule has 1 aromatic rings. The summed E-state index contributed by atoms with van der Waals surface area (Å²) in [6, 6.07) is 7.93. The third-order valence-corrected chi connectivity index (χ3v) is 3.23. The van der Waals surface area contributed by atoms with Crippen LogP contribution in [0.4, 0.5) is 0 Å². The van der Waals surface area contributed by atoms with Gasteiger partial charge in [-0.15, -0.1) is 0 Å². The highest BCUT2D eigenvalue weighted by Crippen LogP contribution is 2.48. The Hall–Kier alpha value is -1.51. The molecular formula is C14H19NO2. The van der Waals surface area contributed by atoms with Crippen LogP contribution in [0.25, 0.3) is 0 Å². The van der Waals surface area contributed by atoms with E-state index in [0.29, 0.717) is 6.42 Å². The van der Waals surface area contributed by atoms with Crippen molar-refractivity contribution in [1.29, 1.82) is 0 Å². The highest BCUT2D eigenvalue weighted by Gasteiger charge is 2.47. The zero-order valence-corrected chi connectivity index (χ0v) is 10.5. The van der Waals surface area contributed by atoms with Gasteiger partial charge < -0.3 is 10.1 Å². The first-order valence-corrected chi connectivity index (χ1v) is 6.16. The quantitative estimate of drug-likeness (QED) is 0.849. The summed E-state index contributed by atoms with van der Waals surface area (Å²) in [5.41, 5.74) is 0.936. The molecule has 0 heterocycles. The summed E-state index contributed by atoms with van der Waals surface area (Å²) in [5.74, 6) is 0.998. The van der Waals surface area contributed by atoms with E-state index in [1.807, 2.05) is 31.2 Å². The third-order valence-electron chi connectivity index (χ3n) is 3.23. The first kappa shape index (κ1) is 12.0. The molecule has 1 amide bonds. The number of hydrogen-bond donors (Lipinski definition) is 1. The molecule has 1 aromatic carbocycles. The first-order valence-electron chi connectivity index (χ1n) is 6.16. The van der Waals surface area contributed by atoms with Crippen molar-refractivity contribution < 1.29 is 9.53 Å². The number of para-hydroxylation sites is 1. The minimum absolute atomic E-state index is 0.135. The average molecular weight is 233 g/mol. The second-order valence-corrected chi connectivity index (χ2v) is 4.58. The summed E-state index contributed by atoms with van der Waals surface area (Å²) in [6.07, 6.45) is 3.48. The molecule has 1 aliphatic carbocycles. The van der Waals surface area contributed by atoms with Gasteiger partial charge in [-0.3, -0.25) is 4.79 Å². The smallest absolute Gasteiger partial charge is 0.220 e. The van der Waals surface area contributed by atoms with Crippen LogP contribution in [0.15, 0.2) is 24.3 Å². The molecule has 0 aromatic heterocycles. The first-order chi connectivity index (χ1) is 8.22. The fourth-order valence-corrected chi connectivity index (χ4v) is 2.18. The van der Waals surface area contributed by atoms with E-state index in [4.69, 9.17) is 4.74 Å². The summed E-state index contributed by atoms with van der Waals surface area (Å²) in [5, 5.41) is 3.14. The van der Waals surface area contributed by atoms with E-state index < -0.39 is 0 Å². The van der Waals surface area contributed by atoms with Crippen LogP contribution in [0.3, 0.4) is 0 Å². The van der Waals surface area contributed by atoms with Crippen LogP contribution in [-0.2, 0) is 10.3 Å². The van der Waals surface area contributed by atoms with Crippen molar-refractivity contribution in [3.05, 3.63) is 29.8 Å². The van der Waals surface area contributed by atoms with Gasteiger partial charge >= 0.3 is 0 Å². The normalized spacial score (nSPS) is 16.4. The third kappa shape index (κ3) is 2.43. The highest BCUT2D eigenvalue weighted by molar-refractivity contribution is 5.77. The SMILES string of the molecule is CCCC(=O)NC1(c2ccccc2OC)CC1. The molecule has 0 atom stereocenters. The molecule has 0 saturated heterocycles. The molecule has 0 aliphatic heterocycles. The topological polar surface area (TPSA) is 38.3 Å². The lowest BCUT2D eigenvalue weighted by Crippen LogP contribution is -2.34. The Kier molecular flexibility index (Phi) is 3.36. The number of nitrogens with one attached hydrogen (secondary N) is 1. The number of hydrogen-bond acceptors (Lipinski definition) is 2. The largest absolute Gasteiger partial charge is 0.496 e. The van der Waals surface area contributed by atoms with Gasteiger partial charge in [-0.2, -0.15) is 0 Å². The zero-order valence-electron chi connectivity index (χ0n) is 10.5. The molecule has 2 rings (SSSR count). The standard InChI is InChI=1S/C14H19NO2/c1-3-6-13(16)15-14(9-10-14)11-7-4-5-8-12(11)17-2/h4-5,7-8H,3,6,9-10H2,1-2H3,(H,15,16). The number of benzene rings is 1. The fourth-order valence-electron chi connectivity index (χ4n) is 2.18. The van der Waals surface area contributed by atoms with Crippen LogP contribution in [0.5, 0.6) is 5.75 Å². The molecule has 17 heavy (non-hydrogen) atoms. The van der Waals surface area contributed by atoms with Gasteiger partial charge in [-0.1, -0.05) is 25.1 Å². The van der Waals surface area contributed by atoms with Crippen molar-refractivity contribution in [3.8, 4) is 5.75 Å². The van der Waals surface area contributed by atoms with E-state index >= 15 is 0 Å². The molecule has 1 saturated carbocycles. The van der Waals surface area contributed by atoms with Crippen molar-refractivity contribution in [1.82, 2.24) is 5.32 Å². The predicted molar refractivity (Wildman–Crippen MR) is 67.0 cm³/mol. The van der Waals surface area contributed by atoms with Gasteiger partial charge in [0.25, 0.3) is 0 Å². The molecule has 3 heteroatoms. The monoisotopic (exact) mass is 233 g/mol. The number of ether oxygens (including phenoxy) is 1. The fraction of sp³-hybridized carbons (Fsp3) is 0.500. The Balaban J connectivity index is 2.18. The van der Waals surface area contributed by atoms with Crippen molar-refractivity contribution in [2.75, 3.05) is 7.11 Å². The Labute approximate surface area is 102 Å². The Morgan fingerprint density at radius 1 is 1.41 bits per heavy atom. The average Bonchev–Trinajstić information content (AvgIpc) is 3.10. The second kappa shape index (κ2) is 4.78. The van der Waals surface area contributed by atoms with E-state index in [2.05, 4.69) is 5.32 Å². The minimum Gasteiger partial charge on any atom is -0.496 e. The molecular weight excluding hydrogens is 214 g/mol. The van der Waals surface area contributed by atoms with Crippen LogP contribution in [0.2, 0.25) is 0 Å². The maximum Gasteiger partial charge on any atom is 0.220 e. The van der Waals surface area contributed by atoms with Gasteiger partial charge in [-0.05, 0) is 25.3 Å². The van der Waals surface area contributed by atoms with Crippen molar-refractivity contribution >= 4 is 5.91 Å². The summed E-state index contributed by atoms with van der Waals surface area (Å²) < 4.78 is 5.36. The zero-order chi connectivity index (χ0) is 12.3. The Morgan fingerprint density at radius 2 is 2.12 bits per heavy atom. The molecule has 92 valence electrons. The maximum atomic E-state index is 11.7. The predicted octanol–water partition coefficient (Wildman–Crippen LogP) is 2.60. The second-order valence-electron chi connectivity index (χ2n) is 4.58. The molecule has 0 spiro atoms. The van der Waals surface area contributed by atoms with E-state index in [1.54, 1.807) is 7.11 Å². The number of carbonyl (C=O) groups is 1. The molecule has 3 nitrogen and oxygen atoms in total. The van der Waals surface area contributed by atoms with E-state index in [1.165, 1.54) is 0 Å². The van der Waals surface area contributed by atoms with E-state index in [-0.39, 0.29) is 11.4 Å². The van der Waals surface area contributed by atoms with Crippen LogP contribution in [-0.4, -0.2) is 13.0 Å². The van der Waals surface area contributed by atoms with Crippen molar-refractivity contribution in [2.45, 2.75) is 38.1 Å². The summed E-state index contributed by atoms with van der Waals surface area (Å²) >= 11 is 0. The molecule has 1 aliphatic rings. The van der Waals surface area contributed by atoms with Crippen LogP contribution in [0, 0.1) is 0 Å². The van der Waals surface area contributed by atoms with Crippen molar-refractivity contribution in [2.24, 2.45) is 0 Å².